The van der Waals surface area contributed by atoms with Crippen LogP contribution in [0, 0.1) is 46.8 Å². The minimum Gasteiger partial charge on any atom is -0.396 e. The number of likely N-dealkylation sites (tertiary alicyclic amines) is 1. The third-order valence-corrected chi connectivity index (χ3v) is 11.7. The number of hydrogen-bond donors (Lipinski definition) is 2. The van der Waals surface area contributed by atoms with Crippen LogP contribution < -0.4 is 5.32 Å². The number of aliphatic hydroxyl groups excluding tert-OH is 1. The molecule has 3 nitrogen and oxygen atoms in total. The second-order valence-electron chi connectivity index (χ2n) is 14.6. The van der Waals surface area contributed by atoms with Gasteiger partial charge < -0.3 is 15.3 Å². The van der Waals surface area contributed by atoms with E-state index in [0.717, 1.165) is 29.6 Å². The van der Waals surface area contributed by atoms with Gasteiger partial charge >= 0.3 is 0 Å². The summed E-state index contributed by atoms with van der Waals surface area (Å²) in [6.07, 6.45) is 17.5. The van der Waals surface area contributed by atoms with Gasteiger partial charge in [0.15, 0.2) is 0 Å². The Kier molecular flexibility index (Phi) is 10.9. The molecule has 0 radical (unpaired) electrons. The van der Waals surface area contributed by atoms with Gasteiger partial charge in [-0.15, -0.1) is 11.6 Å². The van der Waals surface area contributed by atoms with E-state index in [1.54, 1.807) is 0 Å². The van der Waals surface area contributed by atoms with Crippen molar-refractivity contribution >= 4 is 11.6 Å². The summed E-state index contributed by atoms with van der Waals surface area (Å²) >= 11 is 6.42. The van der Waals surface area contributed by atoms with E-state index in [0.29, 0.717) is 35.3 Å². The molecule has 0 aromatic carbocycles. The number of hydrogen-bond acceptors (Lipinski definition) is 3. The highest BCUT2D eigenvalue weighted by atomic mass is 35.5. The maximum absolute atomic E-state index is 9.51. The third kappa shape index (κ3) is 7.86. The molecule has 3 unspecified atom stereocenters. The second-order valence-corrected chi connectivity index (χ2v) is 15.3. The van der Waals surface area contributed by atoms with Crippen LogP contribution >= 0.6 is 11.6 Å². The van der Waals surface area contributed by atoms with Crippen LogP contribution in [0.15, 0.2) is 0 Å². The largest absolute Gasteiger partial charge is 0.396 e. The first-order valence-electron chi connectivity index (χ1n) is 16.0. The van der Waals surface area contributed by atoms with Crippen LogP contribution in [0.4, 0.5) is 0 Å². The smallest absolute Gasteiger partial charge is 0.0459 e. The van der Waals surface area contributed by atoms with E-state index in [4.69, 9.17) is 11.6 Å². The first-order valence-corrected chi connectivity index (χ1v) is 16.4. The average molecular weight is 523 g/mol. The van der Waals surface area contributed by atoms with Crippen LogP contribution in [-0.2, 0) is 0 Å². The molecule has 0 spiro atoms. The van der Waals surface area contributed by atoms with Gasteiger partial charge in [-0.3, -0.25) is 0 Å². The molecule has 4 fully saturated rings. The Hall–Kier alpha value is 0.170. The number of aliphatic hydroxyl groups is 1. The van der Waals surface area contributed by atoms with Crippen molar-refractivity contribution in [3.63, 3.8) is 0 Å². The standard InChI is InChI=1S/C32H59ClN2O/c1-23(2)31(20-35-17-16-30(32(3,4)22-35)27-12-14-29(33)15-13-27)34-19-25-6-5-7-28(18-25)26-10-8-24(21-36)9-11-26/h23-31,34,36H,5-22H2,1-4H3/t24?,25?,26?,27?,28?,29?,30?,31-/m0/s1. The minimum absolute atomic E-state index is 0.407. The van der Waals surface area contributed by atoms with Gasteiger partial charge in [0.1, 0.15) is 0 Å². The molecule has 4 heteroatoms. The number of nitrogens with one attached hydrogen (secondary N) is 1. The maximum Gasteiger partial charge on any atom is 0.0459 e. The van der Waals surface area contributed by atoms with Gasteiger partial charge in [0.05, 0.1) is 0 Å². The predicted molar refractivity (Wildman–Crippen MR) is 155 cm³/mol. The Morgan fingerprint density at radius 2 is 1.56 bits per heavy atom. The van der Waals surface area contributed by atoms with Gasteiger partial charge in [-0.05, 0) is 131 Å². The van der Waals surface area contributed by atoms with Crippen LogP contribution in [0.2, 0.25) is 0 Å². The summed E-state index contributed by atoms with van der Waals surface area (Å²) in [6.45, 7) is 15.3. The molecular formula is C32H59ClN2O. The van der Waals surface area contributed by atoms with Crippen molar-refractivity contribution in [1.82, 2.24) is 10.2 Å². The van der Waals surface area contributed by atoms with Gasteiger partial charge in [0.25, 0.3) is 0 Å². The number of nitrogens with zero attached hydrogens (tertiary/aromatic N) is 1. The van der Waals surface area contributed by atoms with E-state index in [1.165, 1.54) is 110 Å². The molecule has 1 heterocycles. The van der Waals surface area contributed by atoms with E-state index in [1.807, 2.05) is 0 Å². The van der Waals surface area contributed by atoms with Gasteiger partial charge in [0.2, 0.25) is 0 Å². The molecule has 210 valence electrons. The van der Waals surface area contributed by atoms with Crippen molar-refractivity contribution in [1.29, 1.82) is 0 Å². The Morgan fingerprint density at radius 3 is 2.19 bits per heavy atom. The molecule has 3 saturated carbocycles. The quantitative estimate of drug-likeness (QED) is 0.310. The molecular weight excluding hydrogens is 464 g/mol. The van der Waals surface area contributed by atoms with Gasteiger partial charge in [0, 0.05) is 31.1 Å². The third-order valence-electron chi connectivity index (χ3n) is 11.2. The lowest BCUT2D eigenvalue weighted by Gasteiger charge is -2.49. The minimum atomic E-state index is 0.407. The van der Waals surface area contributed by atoms with Crippen molar-refractivity contribution in [3.8, 4) is 0 Å². The lowest BCUT2D eigenvalue weighted by atomic mass is 9.64. The van der Waals surface area contributed by atoms with Crippen molar-refractivity contribution in [3.05, 3.63) is 0 Å². The first-order chi connectivity index (χ1) is 17.2. The summed E-state index contributed by atoms with van der Waals surface area (Å²) in [5.41, 5.74) is 0.412. The van der Waals surface area contributed by atoms with Crippen molar-refractivity contribution < 1.29 is 5.11 Å². The normalized spacial score (nSPS) is 39.2. The zero-order valence-electron chi connectivity index (χ0n) is 24.2. The van der Waals surface area contributed by atoms with E-state index >= 15 is 0 Å². The molecule has 1 aliphatic heterocycles. The van der Waals surface area contributed by atoms with Crippen molar-refractivity contribution in [2.45, 2.75) is 123 Å². The van der Waals surface area contributed by atoms with E-state index < -0.39 is 0 Å². The summed E-state index contributed by atoms with van der Waals surface area (Å²) in [6, 6.07) is 0.601. The molecule has 36 heavy (non-hydrogen) atoms. The topological polar surface area (TPSA) is 35.5 Å². The molecule has 0 aromatic rings. The van der Waals surface area contributed by atoms with Gasteiger partial charge in [-0.2, -0.15) is 0 Å². The molecule has 3 aliphatic carbocycles. The fourth-order valence-electron chi connectivity index (χ4n) is 8.89. The highest BCUT2D eigenvalue weighted by Crippen LogP contribution is 2.46. The molecule has 0 bridgehead atoms. The summed E-state index contributed by atoms with van der Waals surface area (Å²) in [5, 5.41) is 14.0. The maximum atomic E-state index is 9.51. The fraction of sp³-hybridized carbons (Fsp3) is 1.00. The zero-order valence-corrected chi connectivity index (χ0v) is 25.0. The molecule has 4 aliphatic rings. The van der Waals surface area contributed by atoms with Crippen molar-refractivity contribution in [2.24, 2.45) is 46.8 Å². The second kappa shape index (κ2) is 13.5. The highest BCUT2D eigenvalue weighted by molar-refractivity contribution is 6.20. The SMILES string of the molecule is CC(C)[C@H](CN1CCC(C2CCC(Cl)CC2)C(C)(C)C1)NCC1CCCC(C2CCC(CO)CC2)C1. The highest BCUT2D eigenvalue weighted by Gasteiger charge is 2.41. The van der Waals surface area contributed by atoms with Crippen LogP contribution in [0.3, 0.4) is 0 Å². The summed E-state index contributed by atoms with van der Waals surface area (Å²) in [4.78, 5) is 2.80. The van der Waals surface area contributed by atoms with Crippen LogP contribution in [0.25, 0.3) is 0 Å². The molecule has 2 N–H and O–H groups in total. The molecule has 4 rings (SSSR count). The number of halogens is 1. The van der Waals surface area contributed by atoms with Crippen LogP contribution in [0.5, 0.6) is 0 Å². The zero-order chi connectivity index (χ0) is 25.7. The summed E-state index contributed by atoms with van der Waals surface area (Å²) in [7, 11) is 0. The first kappa shape index (κ1) is 29.2. The number of alkyl halides is 1. The average Bonchev–Trinajstić information content (AvgIpc) is 2.87. The lowest BCUT2D eigenvalue weighted by molar-refractivity contribution is 0.00445. The Balaban J connectivity index is 1.23. The monoisotopic (exact) mass is 522 g/mol. The lowest BCUT2D eigenvalue weighted by Crippen LogP contribution is -2.53. The van der Waals surface area contributed by atoms with E-state index in [9.17, 15) is 5.11 Å². The van der Waals surface area contributed by atoms with Crippen LogP contribution in [-0.4, -0.2) is 54.2 Å². The summed E-state index contributed by atoms with van der Waals surface area (Å²) < 4.78 is 0. The predicted octanol–water partition coefficient (Wildman–Crippen LogP) is 7.35. The summed E-state index contributed by atoms with van der Waals surface area (Å²) in [5.74, 6) is 5.77. The fourth-order valence-corrected chi connectivity index (χ4v) is 9.14. The van der Waals surface area contributed by atoms with Gasteiger partial charge in [-0.25, -0.2) is 0 Å². The molecule has 0 aromatic heterocycles. The Labute approximate surface area is 228 Å². The molecule has 1 saturated heterocycles. The number of rotatable bonds is 9. The Morgan fingerprint density at radius 1 is 0.861 bits per heavy atom. The van der Waals surface area contributed by atoms with Crippen molar-refractivity contribution in [2.75, 3.05) is 32.8 Å². The molecule has 4 atom stereocenters. The van der Waals surface area contributed by atoms with Crippen LogP contribution in [0.1, 0.15) is 111 Å². The van der Waals surface area contributed by atoms with Gasteiger partial charge in [-0.1, -0.05) is 40.5 Å². The Bertz CT molecular complexity index is 638. The van der Waals surface area contributed by atoms with E-state index in [-0.39, 0.29) is 0 Å². The molecule has 0 amide bonds. The number of piperidine rings is 1. The van der Waals surface area contributed by atoms with E-state index in [2.05, 4.69) is 37.9 Å².